The number of halogens is 1. The predicted molar refractivity (Wildman–Crippen MR) is 91.2 cm³/mol. The summed E-state index contributed by atoms with van der Waals surface area (Å²) in [5.41, 5.74) is 1.45. The van der Waals surface area contributed by atoms with Crippen LogP contribution in [-0.2, 0) is 13.1 Å². The van der Waals surface area contributed by atoms with E-state index in [1.165, 1.54) is 6.07 Å². The number of pyridine rings is 1. The Hall–Kier alpha value is -3.35. The van der Waals surface area contributed by atoms with Gasteiger partial charge in [0.15, 0.2) is 5.69 Å². The van der Waals surface area contributed by atoms with E-state index in [2.05, 4.69) is 25.8 Å². The van der Waals surface area contributed by atoms with Crippen molar-refractivity contribution in [1.82, 2.24) is 20.5 Å². The molecule has 0 aliphatic rings. The molecule has 1 aromatic carbocycles. The molecule has 2 aromatic heterocycles. The first-order chi connectivity index (χ1) is 12.2. The normalized spacial score (nSPS) is 10.3. The maximum absolute atomic E-state index is 13.5. The largest absolute Gasteiger partial charge is 0.363 e. The highest BCUT2D eigenvalue weighted by Crippen LogP contribution is 2.07. The van der Waals surface area contributed by atoms with Crippen LogP contribution in [0.3, 0.4) is 0 Å². The fourth-order valence-corrected chi connectivity index (χ4v) is 2.14. The Morgan fingerprint density at radius 1 is 0.960 bits per heavy atom. The number of amides is 1. The maximum Gasteiger partial charge on any atom is 0.272 e. The van der Waals surface area contributed by atoms with E-state index < -0.39 is 5.91 Å². The van der Waals surface area contributed by atoms with Crippen molar-refractivity contribution in [3.63, 3.8) is 0 Å². The highest BCUT2D eigenvalue weighted by molar-refractivity contribution is 5.92. The average molecular weight is 337 g/mol. The number of nitrogens with zero attached hydrogens (tertiary/aromatic N) is 3. The van der Waals surface area contributed by atoms with E-state index in [0.29, 0.717) is 17.9 Å². The first-order valence-corrected chi connectivity index (χ1v) is 7.71. The molecule has 0 bridgehead atoms. The lowest BCUT2D eigenvalue weighted by Gasteiger charge is -2.07. The van der Waals surface area contributed by atoms with Crippen LogP contribution in [-0.4, -0.2) is 21.1 Å². The third-order valence-electron chi connectivity index (χ3n) is 3.47. The Labute approximate surface area is 144 Å². The summed E-state index contributed by atoms with van der Waals surface area (Å²) in [6.07, 6.45) is 1.71. The van der Waals surface area contributed by atoms with Gasteiger partial charge in [0, 0.05) is 18.3 Å². The lowest BCUT2D eigenvalue weighted by Crippen LogP contribution is -2.24. The SMILES string of the molecule is O=C(NCc1ccccc1F)c1ccc(NCc2ccccn2)nn1. The van der Waals surface area contributed by atoms with Crippen LogP contribution in [0.2, 0.25) is 0 Å². The molecule has 0 saturated carbocycles. The molecule has 3 rings (SSSR count). The van der Waals surface area contributed by atoms with Crippen LogP contribution in [0.1, 0.15) is 21.7 Å². The van der Waals surface area contributed by atoms with E-state index in [1.807, 2.05) is 18.2 Å². The smallest absolute Gasteiger partial charge is 0.272 e. The molecular weight excluding hydrogens is 321 g/mol. The van der Waals surface area contributed by atoms with Crippen LogP contribution in [0.25, 0.3) is 0 Å². The minimum atomic E-state index is -0.410. The Morgan fingerprint density at radius 2 is 1.80 bits per heavy atom. The lowest BCUT2D eigenvalue weighted by atomic mass is 10.2. The first kappa shape index (κ1) is 16.5. The molecule has 0 saturated heterocycles. The number of hydrogen-bond acceptors (Lipinski definition) is 5. The molecule has 0 fully saturated rings. The van der Waals surface area contributed by atoms with Gasteiger partial charge in [-0.3, -0.25) is 9.78 Å². The Morgan fingerprint density at radius 3 is 2.52 bits per heavy atom. The van der Waals surface area contributed by atoms with Crippen LogP contribution in [0.15, 0.2) is 60.8 Å². The molecule has 0 aliphatic carbocycles. The van der Waals surface area contributed by atoms with Gasteiger partial charge in [-0.2, -0.15) is 0 Å². The van der Waals surface area contributed by atoms with Gasteiger partial charge in [0.2, 0.25) is 0 Å². The Balaban J connectivity index is 1.54. The van der Waals surface area contributed by atoms with Gasteiger partial charge < -0.3 is 10.6 Å². The number of aromatic nitrogens is 3. The van der Waals surface area contributed by atoms with Gasteiger partial charge in [0.05, 0.1) is 12.2 Å². The monoisotopic (exact) mass is 337 g/mol. The summed E-state index contributed by atoms with van der Waals surface area (Å²) in [6, 6.07) is 15.1. The number of carbonyl (C=O) groups is 1. The van der Waals surface area contributed by atoms with Gasteiger partial charge >= 0.3 is 0 Å². The highest BCUT2D eigenvalue weighted by atomic mass is 19.1. The number of anilines is 1. The molecule has 0 spiro atoms. The van der Waals surface area contributed by atoms with Gasteiger partial charge in [-0.05, 0) is 30.3 Å². The molecular formula is C18H16FN5O. The zero-order valence-electron chi connectivity index (χ0n) is 13.3. The Kier molecular flexibility index (Phi) is 5.26. The van der Waals surface area contributed by atoms with Crippen molar-refractivity contribution >= 4 is 11.7 Å². The quantitative estimate of drug-likeness (QED) is 0.723. The number of nitrogens with one attached hydrogen (secondary N) is 2. The molecule has 0 atom stereocenters. The average Bonchev–Trinajstić information content (AvgIpc) is 2.67. The van der Waals surface area contributed by atoms with Gasteiger partial charge in [-0.15, -0.1) is 10.2 Å². The summed E-state index contributed by atoms with van der Waals surface area (Å²) >= 11 is 0. The van der Waals surface area contributed by atoms with Crippen molar-refractivity contribution in [2.75, 3.05) is 5.32 Å². The van der Waals surface area contributed by atoms with Crippen LogP contribution in [0.5, 0.6) is 0 Å². The minimum Gasteiger partial charge on any atom is -0.363 e. The van der Waals surface area contributed by atoms with Crippen LogP contribution >= 0.6 is 0 Å². The van der Waals surface area contributed by atoms with Crippen LogP contribution in [0, 0.1) is 5.82 Å². The Bertz CT molecular complexity index is 840. The second kappa shape index (κ2) is 7.96. The molecule has 1 amide bonds. The molecule has 0 radical (unpaired) electrons. The van der Waals surface area contributed by atoms with E-state index in [0.717, 1.165) is 5.69 Å². The summed E-state index contributed by atoms with van der Waals surface area (Å²) in [6.45, 7) is 0.598. The van der Waals surface area contributed by atoms with E-state index in [1.54, 1.807) is 36.5 Å². The lowest BCUT2D eigenvalue weighted by molar-refractivity contribution is 0.0944. The molecule has 126 valence electrons. The summed E-state index contributed by atoms with van der Waals surface area (Å²) in [5.74, 6) is -0.230. The molecule has 2 N–H and O–H groups in total. The molecule has 0 unspecified atom stereocenters. The van der Waals surface area contributed by atoms with Crippen molar-refractivity contribution in [3.05, 3.63) is 83.6 Å². The second-order valence-corrected chi connectivity index (χ2v) is 5.25. The van der Waals surface area contributed by atoms with E-state index in [9.17, 15) is 9.18 Å². The minimum absolute atomic E-state index is 0.0901. The number of carbonyl (C=O) groups excluding carboxylic acids is 1. The van der Waals surface area contributed by atoms with Crippen molar-refractivity contribution in [1.29, 1.82) is 0 Å². The molecule has 0 aliphatic heterocycles. The molecule has 2 heterocycles. The van der Waals surface area contributed by atoms with Crippen molar-refractivity contribution in [2.24, 2.45) is 0 Å². The van der Waals surface area contributed by atoms with E-state index >= 15 is 0 Å². The number of rotatable bonds is 6. The fourth-order valence-electron chi connectivity index (χ4n) is 2.14. The summed E-state index contributed by atoms with van der Waals surface area (Å²) in [7, 11) is 0. The summed E-state index contributed by atoms with van der Waals surface area (Å²) in [4.78, 5) is 16.2. The zero-order valence-corrected chi connectivity index (χ0v) is 13.3. The third-order valence-corrected chi connectivity index (χ3v) is 3.47. The molecule has 3 aromatic rings. The third kappa shape index (κ3) is 4.57. The first-order valence-electron chi connectivity index (χ1n) is 7.71. The van der Waals surface area contributed by atoms with Crippen LogP contribution in [0.4, 0.5) is 10.2 Å². The van der Waals surface area contributed by atoms with Crippen molar-refractivity contribution in [2.45, 2.75) is 13.1 Å². The van der Waals surface area contributed by atoms with Crippen molar-refractivity contribution in [3.8, 4) is 0 Å². The summed E-state index contributed by atoms with van der Waals surface area (Å²) in [5, 5.41) is 13.5. The maximum atomic E-state index is 13.5. The molecule has 6 nitrogen and oxygen atoms in total. The fraction of sp³-hybridized carbons (Fsp3) is 0.111. The number of benzene rings is 1. The predicted octanol–water partition coefficient (Wildman–Crippen LogP) is 2.55. The topological polar surface area (TPSA) is 79.8 Å². The van der Waals surface area contributed by atoms with Crippen molar-refractivity contribution < 1.29 is 9.18 Å². The van der Waals surface area contributed by atoms with E-state index in [-0.39, 0.29) is 18.1 Å². The molecule has 25 heavy (non-hydrogen) atoms. The summed E-state index contributed by atoms with van der Waals surface area (Å²) < 4.78 is 13.5. The van der Waals surface area contributed by atoms with Crippen LogP contribution < -0.4 is 10.6 Å². The van der Waals surface area contributed by atoms with Gasteiger partial charge in [-0.25, -0.2) is 4.39 Å². The van der Waals surface area contributed by atoms with Gasteiger partial charge in [0.1, 0.15) is 11.6 Å². The van der Waals surface area contributed by atoms with E-state index in [4.69, 9.17) is 0 Å². The standard InChI is InChI=1S/C18H16FN5O/c19-15-7-2-1-5-13(15)11-22-18(25)16-8-9-17(24-23-16)21-12-14-6-3-4-10-20-14/h1-10H,11-12H2,(H,21,24)(H,22,25). The zero-order chi connectivity index (χ0) is 17.5. The number of hydrogen-bond donors (Lipinski definition) is 2. The second-order valence-electron chi connectivity index (χ2n) is 5.25. The molecule has 7 heteroatoms. The highest BCUT2D eigenvalue weighted by Gasteiger charge is 2.09. The van der Waals surface area contributed by atoms with Gasteiger partial charge in [0.25, 0.3) is 5.91 Å². The van der Waals surface area contributed by atoms with Gasteiger partial charge in [-0.1, -0.05) is 24.3 Å².